The minimum Gasteiger partial charge on any atom is -0.337 e. The van der Waals surface area contributed by atoms with E-state index in [1.54, 1.807) is 24.0 Å². The van der Waals surface area contributed by atoms with Crippen LogP contribution >= 0.6 is 0 Å². The van der Waals surface area contributed by atoms with Crippen molar-refractivity contribution >= 4 is 15.9 Å². The van der Waals surface area contributed by atoms with E-state index in [4.69, 9.17) is 0 Å². The number of hydrogen-bond donors (Lipinski definition) is 1. The van der Waals surface area contributed by atoms with Crippen molar-refractivity contribution in [3.05, 3.63) is 64.7 Å². The molecule has 1 amide bonds. The van der Waals surface area contributed by atoms with Gasteiger partial charge >= 0.3 is 0 Å². The van der Waals surface area contributed by atoms with Crippen molar-refractivity contribution in [3.8, 4) is 0 Å². The Morgan fingerprint density at radius 3 is 2.35 bits per heavy atom. The second-order valence-electron chi connectivity index (χ2n) is 6.53. The fourth-order valence-electron chi connectivity index (χ4n) is 2.83. The van der Waals surface area contributed by atoms with Crippen molar-refractivity contribution in [1.29, 1.82) is 0 Å². The topological polar surface area (TPSA) is 66.5 Å². The number of carbonyl (C=O) groups excluding carboxylic acids is 1. The second kappa shape index (κ2) is 8.47. The molecular weight excluding hydrogens is 348 g/mol. The zero-order valence-electron chi connectivity index (χ0n) is 15.7. The summed E-state index contributed by atoms with van der Waals surface area (Å²) >= 11 is 0. The van der Waals surface area contributed by atoms with Crippen molar-refractivity contribution in [2.45, 2.75) is 39.1 Å². The lowest BCUT2D eigenvalue weighted by Gasteiger charge is -2.22. The van der Waals surface area contributed by atoms with Crippen LogP contribution in [0, 0.1) is 20.8 Å². The van der Waals surface area contributed by atoms with Gasteiger partial charge in [0.05, 0.1) is 4.90 Å². The highest BCUT2D eigenvalue weighted by Gasteiger charge is 2.17. The molecule has 0 aliphatic carbocycles. The summed E-state index contributed by atoms with van der Waals surface area (Å²) in [6, 6.07) is 13.1. The molecule has 0 spiro atoms. The van der Waals surface area contributed by atoms with E-state index in [0.29, 0.717) is 18.7 Å². The Labute approximate surface area is 156 Å². The first-order chi connectivity index (χ1) is 12.2. The number of nitrogens with one attached hydrogen (secondary N) is 1. The molecule has 0 aliphatic rings. The Hall–Kier alpha value is -2.18. The van der Waals surface area contributed by atoms with Crippen molar-refractivity contribution < 1.29 is 13.2 Å². The van der Waals surface area contributed by atoms with E-state index in [1.165, 1.54) is 6.92 Å². The van der Waals surface area contributed by atoms with E-state index in [1.807, 2.05) is 44.2 Å². The van der Waals surface area contributed by atoms with Gasteiger partial charge in [0, 0.05) is 26.6 Å². The molecule has 2 aromatic rings. The molecule has 0 saturated heterocycles. The lowest BCUT2D eigenvalue weighted by atomic mass is 10.1. The van der Waals surface area contributed by atoms with Crippen LogP contribution in [-0.2, 0) is 21.4 Å². The van der Waals surface area contributed by atoms with Crippen LogP contribution in [0.15, 0.2) is 47.4 Å². The maximum Gasteiger partial charge on any atom is 0.240 e. The molecule has 0 saturated carbocycles. The Morgan fingerprint density at radius 1 is 1.04 bits per heavy atom. The Bertz CT molecular complexity index is 892. The Balaban J connectivity index is 2.03. The third kappa shape index (κ3) is 5.16. The molecule has 0 fully saturated rings. The van der Waals surface area contributed by atoms with E-state index in [9.17, 15) is 13.2 Å². The maximum atomic E-state index is 12.5. The van der Waals surface area contributed by atoms with E-state index in [2.05, 4.69) is 4.72 Å². The molecule has 6 heteroatoms. The van der Waals surface area contributed by atoms with Crippen LogP contribution in [0.5, 0.6) is 0 Å². The zero-order valence-corrected chi connectivity index (χ0v) is 16.6. The minimum absolute atomic E-state index is 0.0843. The van der Waals surface area contributed by atoms with Crippen LogP contribution in [-0.4, -0.2) is 32.3 Å². The van der Waals surface area contributed by atoms with Crippen LogP contribution in [0.4, 0.5) is 0 Å². The lowest BCUT2D eigenvalue weighted by molar-refractivity contribution is -0.129. The predicted molar refractivity (Wildman–Crippen MR) is 103 cm³/mol. The summed E-state index contributed by atoms with van der Waals surface area (Å²) in [6.45, 7) is 8.14. The number of carbonyl (C=O) groups is 1. The molecule has 5 nitrogen and oxygen atoms in total. The summed E-state index contributed by atoms with van der Waals surface area (Å²) in [5.41, 5.74) is 3.89. The third-order valence-corrected chi connectivity index (χ3v) is 5.98. The molecular formula is C20H26N2O3S. The Morgan fingerprint density at radius 2 is 1.73 bits per heavy atom. The molecule has 2 rings (SSSR count). The first kappa shape index (κ1) is 20.1. The summed E-state index contributed by atoms with van der Waals surface area (Å²) in [5, 5.41) is 0. The van der Waals surface area contributed by atoms with Gasteiger partial charge in [-0.2, -0.15) is 0 Å². The van der Waals surface area contributed by atoms with E-state index < -0.39 is 10.0 Å². The minimum atomic E-state index is -3.60. The number of hydrogen-bond acceptors (Lipinski definition) is 3. The SMILES string of the molecule is CC(=O)N(CCNS(=O)(=O)c1ccc(C)cc1C)Cc1ccccc1C. The van der Waals surface area contributed by atoms with Crippen molar-refractivity contribution in [2.75, 3.05) is 13.1 Å². The van der Waals surface area contributed by atoms with Crippen molar-refractivity contribution in [3.63, 3.8) is 0 Å². The number of benzene rings is 2. The quantitative estimate of drug-likeness (QED) is 0.810. The summed E-state index contributed by atoms with van der Waals surface area (Å²) in [4.78, 5) is 13.8. The summed E-state index contributed by atoms with van der Waals surface area (Å²) in [5.74, 6) is -0.0843. The van der Waals surface area contributed by atoms with E-state index >= 15 is 0 Å². The molecule has 0 aliphatic heterocycles. The van der Waals surface area contributed by atoms with Gasteiger partial charge < -0.3 is 4.90 Å². The molecule has 140 valence electrons. The molecule has 2 aromatic carbocycles. The van der Waals surface area contributed by atoms with Gasteiger partial charge in [0.1, 0.15) is 0 Å². The fraction of sp³-hybridized carbons (Fsp3) is 0.350. The predicted octanol–water partition coefficient (Wildman–Crippen LogP) is 2.94. The van der Waals surface area contributed by atoms with Crippen LogP contribution < -0.4 is 4.72 Å². The number of sulfonamides is 1. The summed E-state index contributed by atoms with van der Waals surface area (Å²) in [7, 11) is -3.60. The number of rotatable bonds is 7. The zero-order chi connectivity index (χ0) is 19.3. The van der Waals surface area contributed by atoms with Crippen molar-refractivity contribution in [1.82, 2.24) is 9.62 Å². The molecule has 0 heterocycles. The third-order valence-electron chi connectivity index (χ3n) is 4.36. The Kier molecular flexibility index (Phi) is 6.56. The smallest absolute Gasteiger partial charge is 0.240 e. The van der Waals surface area contributed by atoms with Gasteiger partial charge in [-0.25, -0.2) is 13.1 Å². The van der Waals surface area contributed by atoms with E-state index in [0.717, 1.165) is 16.7 Å². The molecule has 1 N–H and O–H groups in total. The monoisotopic (exact) mass is 374 g/mol. The lowest BCUT2D eigenvalue weighted by Crippen LogP contribution is -2.37. The van der Waals surface area contributed by atoms with Gasteiger partial charge in [0.2, 0.25) is 15.9 Å². The summed E-state index contributed by atoms with van der Waals surface area (Å²) in [6.07, 6.45) is 0. The van der Waals surface area contributed by atoms with Gasteiger partial charge in [-0.1, -0.05) is 42.0 Å². The molecule has 0 atom stereocenters. The van der Waals surface area contributed by atoms with Gasteiger partial charge in [0.15, 0.2) is 0 Å². The molecule has 0 bridgehead atoms. The standard InChI is InChI=1S/C20H26N2O3S/c1-15-9-10-20(17(3)13-15)26(24,25)21-11-12-22(18(4)23)14-19-8-6-5-7-16(19)2/h5-10,13,21H,11-12,14H2,1-4H3. The average Bonchev–Trinajstić information content (AvgIpc) is 2.55. The second-order valence-corrected chi connectivity index (χ2v) is 8.27. The van der Waals surface area contributed by atoms with Crippen LogP contribution in [0.3, 0.4) is 0 Å². The normalized spacial score (nSPS) is 11.4. The largest absolute Gasteiger partial charge is 0.337 e. The number of aryl methyl sites for hydroxylation is 3. The molecule has 0 aromatic heterocycles. The van der Waals surface area contributed by atoms with Gasteiger partial charge in [-0.3, -0.25) is 4.79 Å². The first-order valence-corrected chi connectivity index (χ1v) is 10.1. The highest BCUT2D eigenvalue weighted by atomic mass is 32.2. The average molecular weight is 375 g/mol. The highest BCUT2D eigenvalue weighted by molar-refractivity contribution is 7.89. The van der Waals surface area contributed by atoms with Crippen LogP contribution in [0.2, 0.25) is 0 Å². The molecule has 0 radical (unpaired) electrons. The van der Waals surface area contributed by atoms with Crippen LogP contribution in [0.1, 0.15) is 29.2 Å². The van der Waals surface area contributed by atoms with Gasteiger partial charge in [-0.05, 0) is 43.5 Å². The number of amides is 1. The van der Waals surface area contributed by atoms with Crippen molar-refractivity contribution in [2.24, 2.45) is 0 Å². The van der Waals surface area contributed by atoms with Gasteiger partial charge in [-0.15, -0.1) is 0 Å². The summed E-state index contributed by atoms with van der Waals surface area (Å²) < 4.78 is 27.6. The molecule has 26 heavy (non-hydrogen) atoms. The van der Waals surface area contributed by atoms with Crippen LogP contribution in [0.25, 0.3) is 0 Å². The first-order valence-electron chi connectivity index (χ1n) is 8.57. The molecule has 0 unspecified atom stereocenters. The number of nitrogens with zero attached hydrogens (tertiary/aromatic N) is 1. The fourth-order valence-corrected chi connectivity index (χ4v) is 4.08. The van der Waals surface area contributed by atoms with E-state index in [-0.39, 0.29) is 17.3 Å². The van der Waals surface area contributed by atoms with Gasteiger partial charge in [0.25, 0.3) is 0 Å². The maximum absolute atomic E-state index is 12.5. The highest BCUT2D eigenvalue weighted by Crippen LogP contribution is 2.16.